The predicted molar refractivity (Wildman–Crippen MR) is 45.9 cm³/mol. The quantitative estimate of drug-likeness (QED) is 0.382. The molecule has 0 heterocycles. The van der Waals surface area contributed by atoms with Crippen molar-refractivity contribution in [3.8, 4) is 0 Å². The zero-order chi connectivity index (χ0) is 11.1. The van der Waals surface area contributed by atoms with Crippen molar-refractivity contribution in [3.05, 3.63) is 12.2 Å². The third kappa shape index (κ3) is 4.30. The van der Waals surface area contributed by atoms with Gasteiger partial charge in [0, 0.05) is 0 Å². The molecule has 0 N–H and O–H groups in total. The Morgan fingerprint density at radius 3 is 2.43 bits per heavy atom. The molecule has 0 fully saturated rings. The monoisotopic (exact) mass is 210 g/mol. The fourth-order valence-electron chi connectivity index (χ4n) is 0.667. The highest BCUT2D eigenvalue weighted by Crippen LogP contribution is 2.15. The number of halogens is 3. The lowest BCUT2D eigenvalue weighted by Crippen LogP contribution is -2.22. The van der Waals surface area contributed by atoms with Crippen LogP contribution in [0, 0.1) is 0 Å². The van der Waals surface area contributed by atoms with Crippen LogP contribution in [0.3, 0.4) is 0 Å². The predicted octanol–water partition coefficient (Wildman–Crippen LogP) is 2.49. The Morgan fingerprint density at radius 1 is 1.43 bits per heavy atom. The minimum absolute atomic E-state index is 0.101. The summed E-state index contributed by atoms with van der Waals surface area (Å²) in [6, 6.07) is 0. The van der Waals surface area contributed by atoms with E-state index < -0.39 is 24.1 Å². The molecule has 14 heavy (non-hydrogen) atoms. The third-order valence-electron chi connectivity index (χ3n) is 1.55. The number of hydrogen-bond acceptors (Lipinski definition) is 2. The summed E-state index contributed by atoms with van der Waals surface area (Å²) in [5.74, 6) is -1.09. The molecular formula is C9H13F3O2. The smallest absolute Gasteiger partial charge is 0.336 e. The van der Waals surface area contributed by atoms with Crippen LogP contribution in [0.5, 0.6) is 0 Å². The Morgan fingerprint density at radius 2 is 2.00 bits per heavy atom. The van der Waals surface area contributed by atoms with Gasteiger partial charge >= 0.3 is 5.97 Å². The van der Waals surface area contributed by atoms with Gasteiger partial charge < -0.3 is 4.74 Å². The van der Waals surface area contributed by atoms with Gasteiger partial charge in [-0.05, 0) is 6.42 Å². The lowest BCUT2D eigenvalue weighted by Gasteiger charge is -2.09. The third-order valence-corrected chi connectivity index (χ3v) is 1.55. The van der Waals surface area contributed by atoms with Crippen molar-refractivity contribution >= 4 is 5.97 Å². The standard InChI is InChI=1S/C9H13F3O2/c1-3-4-5-14-9(13)6(2)7(10)8(11)12/h7-8H,2-5H2,1H3. The largest absolute Gasteiger partial charge is 0.462 e. The van der Waals surface area contributed by atoms with Gasteiger partial charge in [0.1, 0.15) is 0 Å². The molecular weight excluding hydrogens is 197 g/mol. The minimum Gasteiger partial charge on any atom is -0.462 e. The van der Waals surface area contributed by atoms with E-state index in [4.69, 9.17) is 0 Å². The first kappa shape index (κ1) is 13.0. The number of alkyl halides is 3. The number of hydrogen-bond donors (Lipinski definition) is 0. The van der Waals surface area contributed by atoms with Gasteiger partial charge in [0.15, 0.2) is 6.17 Å². The molecule has 0 aliphatic carbocycles. The molecule has 0 amide bonds. The van der Waals surface area contributed by atoms with Gasteiger partial charge in [-0.3, -0.25) is 0 Å². The Hall–Kier alpha value is -1.00. The highest BCUT2D eigenvalue weighted by molar-refractivity contribution is 5.88. The zero-order valence-electron chi connectivity index (χ0n) is 7.93. The fourth-order valence-corrected chi connectivity index (χ4v) is 0.667. The minimum atomic E-state index is -3.23. The number of ether oxygens (including phenoxy) is 1. The maximum absolute atomic E-state index is 12.5. The van der Waals surface area contributed by atoms with Crippen molar-refractivity contribution < 1.29 is 22.7 Å². The van der Waals surface area contributed by atoms with Crippen LogP contribution in [0.25, 0.3) is 0 Å². The first-order valence-corrected chi connectivity index (χ1v) is 4.28. The molecule has 82 valence electrons. The molecule has 0 spiro atoms. The van der Waals surface area contributed by atoms with Gasteiger partial charge in [-0.25, -0.2) is 18.0 Å². The van der Waals surface area contributed by atoms with Crippen molar-refractivity contribution in [2.24, 2.45) is 0 Å². The molecule has 0 bridgehead atoms. The van der Waals surface area contributed by atoms with Crippen molar-refractivity contribution in [3.63, 3.8) is 0 Å². The van der Waals surface area contributed by atoms with Crippen molar-refractivity contribution in [1.82, 2.24) is 0 Å². The first-order valence-electron chi connectivity index (χ1n) is 4.28. The van der Waals surface area contributed by atoms with E-state index in [0.717, 1.165) is 6.42 Å². The summed E-state index contributed by atoms with van der Waals surface area (Å²) >= 11 is 0. The van der Waals surface area contributed by atoms with E-state index >= 15 is 0 Å². The second-order valence-electron chi connectivity index (χ2n) is 2.75. The average molecular weight is 210 g/mol. The van der Waals surface area contributed by atoms with E-state index in [9.17, 15) is 18.0 Å². The topological polar surface area (TPSA) is 26.3 Å². The van der Waals surface area contributed by atoms with Gasteiger partial charge in [0.2, 0.25) is 0 Å². The summed E-state index contributed by atoms with van der Waals surface area (Å²) in [5.41, 5.74) is -0.823. The number of unbranched alkanes of at least 4 members (excludes halogenated alkanes) is 1. The van der Waals surface area contributed by atoms with Crippen molar-refractivity contribution in [2.75, 3.05) is 6.61 Å². The molecule has 5 heteroatoms. The molecule has 2 nitrogen and oxygen atoms in total. The van der Waals surface area contributed by atoms with Crippen LogP contribution < -0.4 is 0 Å². The van der Waals surface area contributed by atoms with Crippen LogP contribution in [0.2, 0.25) is 0 Å². The molecule has 0 saturated carbocycles. The van der Waals surface area contributed by atoms with E-state index in [2.05, 4.69) is 11.3 Å². The van der Waals surface area contributed by atoms with Crippen molar-refractivity contribution in [2.45, 2.75) is 32.4 Å². The summed E-state index contributed by atoms with van der Waals surface area (Å²) in [5, 5.41) is 0. The average Bonchev–Trinajstić information content (AvgIpc) is 2.15. The van der Waals surface area contributed by atoms with E-state index in [1.807, 2.05) is 6.92 Å². The molecule has 0 aliphatic rings. The first-order chi connectivity index (χ1) is 6.50. The van der Waals surface area contributed by atoms with E-state index in [-0.39, 0.29) is 6.61 Å². The van der Waals surface area contributed by atoms with Crippen LogP contribution >= 0.6 is 0 Å². The number of carbonyl (C=O) groups excluding carboxylic acids is 1. The maximum atomic E-state index is 12.5. The van der Waals surface area contributed by atoms with E-state index in [0.29, 0.717) is 6.42 Å². The van der Waals surface area contributed by atoms with Crippen LogP contribution in [0.1, 0.15) is 19.8 Å². The zero-order valence-corrected chi connectivity index (χ0v) is 7.93. The Kier molecular flexibility index (Phi) is 5.99. The number of carbonyl (C=O) groups is 1. The van der Waals surface area contributed by atoms with Crippen LogP contribution in [-0.2, 0) is 9.53 Å². The molecule has 0 aromatic rings. The fraction of sp³-hybridized carbons (Fsp3) is 0.667. The Balaban J connectivity index is 3.93. The van der Waals surface area contributed by atoms with E-state index in [1.54, 1.807) is 0 Å². The van der Waals surface area contributed by atoms with Gasteiger partial charge in [-0.15, -0.1) is 0 Å². The van der Waals surface area contributed by atoms with Crippen LogP contribution in [0.4, 0.5) is 13.2 Å². The SMILES string of the molecule is C=C(C(=O)OCCCC)C(F)C(F)F. The summed E-state index contributed by atoms with van der Waals surface area (Å²) in [6.45, 7) is 4.90. The highest BCUT2D eigenvalue weighted by Gasteiger charge is 2.28. The van der Waals surface area contributed by atoms with E-state index in [1.165, 1.54) is 0 Å². The maximum Gasteiger partial charge on any atom is 0.336 e. The molecule has 0 rings (SSSR count). The van der Waals surface area contributed by atoms with Gasteiger partial charge in [-0.1, -0.05) is 19.9 Å². The number of rotatable bonds is 6. The Bertz CT molecular complexity index is 204. The van der Waals surface area contributed by atoms with Crippen molar-refractivity contribution in [1.29, 1.82) is 0 Å². The summed E-state index contributed by atoms with van der Waals surface area (Å²) < 4.78 is 40.6. The lowest BCUT2D eigenvalue weighted by atomic mass is 10.2. The summed E-state index contributed by atoms with van der Waals surface area (Å²) in [4.78, 5) is 10.9. The molecule has 0 radical (unpaired) electrons. The molecule has 0 aliphatic heterocycles. The van der Waals surface area contributed by atoms with Gasteiger partial charge in [0.05, 0.1) is 12.2 Å². The summed E-state index contributed by atoms with van der Waals surface area (Å²) in [7, 11) is 0. The normalized spacial score (nSPS) is 12.6. The van der Waals surface area contributed by atoms with Gasteiger partial charge in [-0.2, -0.15) is 0 Å². The van der Waals surface area contributed by atoms with Crippen LogP contribution in [-0.4, -0.2) is 25.2 Å². The van der Waals surface area contributed by atoms with Gasteiger partial charge in [0.25, 0.3) is 6.43 Å². The second kappa shape index (κ2) is 6.45. The molecule has 0 saturated heterocycles. The number of esters is 1. The molecule has 1 unspecified atom stereocenters. The molecule has 0 aromatic carbocycles. The molecule has 1 atom stereocenters. The van der Waals surface area contributed by atoms with Crippen LogP contribution in [0.15, 0.2) is 12.2 Å². The Labute approximate surface area is 80.7 Å². The summed E-state index contributed by atoms with van der Waals surface area (Å²) in [6.07, 6.45) is -4.46. The highest BCUT2D eigenvalue weighted by atomic mass is 19.3. The second-order valence-corrected chi connectivity index (χ2v) is 2.75. The lowest BCUT2D eigenvalue weighted by molar-refractivity contribution is -0.140. The molecule has 0 aromatic heterocycles.